The monoisotopic (exact) mass is 292 g/mol. The summed E-state index contributed by atoms with van der Waals surface area (Å²) in [5.41, 5.74) is 0.765. The Balaban J connectivity index is 2.02. The van der Waals surface area contributed by atoms with Gasteiger partial charge in [0.15, 0.2) is 5.17 Å². The second kappa shape index (κ2) is 4.83. The van der Waals surface area contributed by atoms with Gasteiger partial charge in [0.05, 0.1) is 11.4 Å². The fourth-order valence-corrected chi connectivity index (χ4v) is 3.17. The summed E-state index contributed by atoms with van der Waals surface area (Å²) in [6, 6.07) is 6.71. The van der Waals surface area contributed by atoms with Crippen molar-refractivity contribution in [1.82, 2.24) is 5.32 Å². The Hall–Kier alpha value is -1.59. The second-order valence-corrected chi connectivity index (χ2v) is 5.44. The van der Waals surface area contributed by atoms with Gasteiger partial charge in [-0.2, -0.15) is 0 Å². The molecule has 0 amide bonds. The number of carbonyl (C=O) groups is 2. The third-order valence-corrected chi connectivity index (χ3v) is 4.40. The van der Waals surface area contributed by atoms with Crippen molar-refractivity contribution in [3.63, 3.8) is 0 Å². The predicted octanol–water partition coefficient (Wildman–Crippen LogP) is 2.21. The van der Waals surface area contributed by atoms with E-state index in [9.17, 15) is 9.59 Å². The van der Waals surface area contributed by atoms with Gasteiger partial charge in [-0.25, -0.2) is 0 Å². The van der Waals surface area contributed by atoms with Crippen molar-refractivity contribution in [3.05, 3.63) is 45.3 Å². The maximum atomic E-state index is 12.4. The van der Waals surface area contributed by atoms with Gasteiger partial charge in [0.25, 0.3) is 0 Å². The van der Waals surface area contributed by atoms with Crippen LogP contribution in [0.3, 0.4) is 0 Å². The Morgan fingerprint density at radius 1 is 1.16 bits per heavy atom. The van der Waals surface area contributed by atoms with E-state index in [4.69, 9.17) is 11.6 Å². The molecule has 0 spiro atoms. The van der Waals surface area contributed by atoms with Gasteiger partial charge in [0, 0.05) is 17.7 Å². The van der Waals surface area contributed by atoms with Crippen molar-refractivity contribution < 1.29 is 9.59 Å². The Morgan fingerprint density at radius 3 is 2.47 bits per heavy atom. The number of hydrogen-bond donors (Lipinski definition) is 1. The number of ketones is 2. The first-order valence-corrected chi connectivity index (χ1v) is 6.92. The number of allylic oxidation sites excluding steroid dienone is 2. The molecule has 0 fully saturated rings. The van der Waals surface area contributed by atoms with Gasteiger partial charge in [-0.3, -0.25) is 14.6 Å². The van der Waals surface area contributed by atoms with Crippen molar-refractivity contribution in [2.24, 2.45) is 4.99 Å². The number of nitrogens with one attached hydrogen (secondary N) is 1. The molecule has 0 radical (unpaired) electrons. The second-order valence-electron chi connectivity index (χ2n) is 4.06. The molecule has 0 atom stereocenters. The van der Waals surface area contributed by atoms with Gasteiger partial charge < -0.3 is 5.32 Å². The molecule has 0 saturated carbocycles. The molecular formula is C13H9ClN2O2S. The highest BCUT2D eigenvalue weighted by atomic mass is 35.5. The summed E-state index contributed by atoms with van der Waals surface area (Å²) in [5.74, 6) is -0.528. The molecule has 0 saturated heterocycles. The van der Waals surface area contributed by atoms with E-state index in [1.54, 1.807) is 24.3 Å². The van der Waals surface area contributed by atoms with E-state index in [1.807, 2.05) is 0 Å². The lowest BCUT2D eigenvalue weighted by Gasteiger charge is -2.16. The normalized spacial score (nSPS) is 18.3. The van der Waals surface area contributed by atoms with Crippen molar-refractivity contribution in [3.8, 4) is 0 Å². The Kier molecular flexibility index (Phi) is 3.16. The van der Waals surface area contributed by atoms with E-state index in [1.165, 1.54) is 0 Å². The zero-order valence-electron chi connectivity index (χ0n) is 9.77. The third kappa shape index (κ3) is 2.09. The van der Waals surface area contributed by atoms with Crippen LogP contribution in [0.1, 0.15) is 20.7 Å². The highest BCUT2D eigenvalue weighted by Gasteiger charge is 2.32. The smallest absolute Gasteiger partial charge is 0.206 e. The zero-order chi connectivity index (χ0) is 13.4. The Bertz CT molecular complexity index is 652. The number of thioether (sulfide) groups is 1. The molecule has 1 aromatic rings. The molecule has 0 bridgehead atoms. The van der Waals surface area contributed by atoms with Crippen LogP contribution in [0.2, 0.25) is 0 Å². The number of Topliss-reactive ketones (excluding diaryl/α,β-unsaturated/α-hetero) is 2. The highest BCUT2D eigenvalue weighted by Crippen LogP contribution is 2.35. The van der Waals surface area contributed by atoms with Crippen LogP contribution in [0.5, 0.6) is 0 Å². The fraction of sp³-hybridized carbons (Fsp3) is 0.154. The summed E-state index contributed by atoms with van der Waals surface area (Å²) < 4.78 is 0. The van der Waals surface area contributed by atoms with Gasteiger partial charge in [-0.1, -0.05) is 35.9 Å². The van der Waals surface area contributed by atoms with Gasteiger partial charge in [-0.05, 0) is 11.8 Å². The van der Waals surface area contributed by atoms with Gasteiger partial charge in [0.2, 0.25) is 11.6 Å². The largest absolute Gasteiger partial charge is 0.363 e. The molecule has 96 valence electrons. The van der Waals surface area contributed by atoms with Crippen LogP contribution in [0, 0.1) is 0 Å². The first-order valence-electron chi connectivity index (χ1n) is 5.73. The molecule has 1 N–H and O–H groups in total. The lowest BCUT2D eigenvalue weighted by molar-refractivity contribution is 0.0987. The number of carbonyl (C=O) groups excluding carboxylic acids is 2. The summed E-state index contributed by atoms with van der Waals surface area (Å²) in [7, 11) is 0. The number of amidine groups is 1. The molecule has 4 nitrogen and oxygen atoms in total. The van der Waals surface area contributed by atoms with Crippen LogP contribution in [-0.4, -0.2) is 29.8 Å². The molecule has 1 heterocycles. The average Bonchev–Trinajstić information content (AvgIpc) is 2.94. The van der Waals surface area contributed by atoms with Crippen LogP contribution in [0.25, 0.3) is 0 Å². The first-order chi connectivity index (χ1) is 9.18. The number of halogens is 1. The fourth-order valence-electron chi connectivity index (χ4n) is 1.95. The van der Waals surface area contributed by atoms with E-state index in [0.717, 1.165) is 18.3 Å². The highest BCUT2D eigenvalue weighted by molar-refractivity contribution is 8.18. The number of benzene rings is 1. The molecule has 3 rings (SSSR count). The predicted molar refractivity (Wildman–Crippen MR) is 75.9 cm³/mol. The van der Waals surface area contributed by atoms with Crippen molar-refractivity contribution in [1.29, 1.82) is 0 Å². The van der Waals surface area contributed by atoms with Crippen LogP contribution in [0.4, 0.5) is 0 Å². The molecule has 1 aromatic carbocycles. The minimum atomic E-state index is -0.307. The topological polar surface area (TPSA) is 58.5 Å². The maximum absolute atomic E-state index is 12.4. The Morgan fingerprint density at radius 2 is 1.84 bits per heavy atom. The summed E-state index contributed by atoms with van der Waals surface area (Å²) in [6.07, 6.45) is 0. The van der Waals surface area contributed by atoms with E-state index in [0.29, 0.717) is 22.8 Å². The van der Waals surface area contributed by atoms with Gasteiger partial charge in [0.1, 0.15) is 5.03 Å². The summed E-state index contributed by atoms with van der Waals surface area (Å²) in [4.78, 5) is 28.9. The molecule has 1 aliphatic heterocycles. The summed E-state index contributed by atoms with van der Waals surface area (Å²) in [5, 5.41) is 3.65. The van der Waals surface area contributed by atoms with Crippen LogP contribution in [0.15, 0.2) is 39.2 Å². The van der Waals surface area contributed by atoms with Gasteiger partial charge >= 0.3 is 0 Å². The van der Waals surface area contributed by atoms with Crippen LogP contribution >= 0.6 is 23.4 Å². The molecule has 0 unspecified atom stereocenters. The van der Waals surface area contributed by atoms with E-state index in [-0.39, 0.29) is 21.5 Å². The third-order valence-electron chi connectivity index (χ3n) is 2.86. The van der Waals surface area contributed by atoms with E-state index < -0.39 is 0 Å². The zero-order valence-corrected chi connectivity index (χ0v) is 11.3. The minimum Gasteiger partial charge on any atom is -0.363 e. The summed E-state index contributed by atoms with van der Waals surface area (Å²) >= 11 is 7.17. The molecule has 19 heavy (non-hydrogen) atoms. The van der Waals surface area contributed by atoms with Crippen molar-refractivity contribution >= 4 is 40.1 Å². The number of hydrogen-bond acceptors (Lipinski definition) is 5. The van der Waals surface area contributed by atoms with Crippen molar-refractivity contribution in [2.45, 2.75) is 0 Å². The summed E-state index contributed by atoms with van der Waals surface area (Å²) in [6.45, 7) is 1.41. The molecule has 0 aromatic heterocycles. The molecule has 1 aliphatic carbocycles. The maximum Gasteiger partial charge on any atom is 0.206 e. The van der Waals surface area contributed by atoms with Crippen molar-refractivity contribution in [2.75, 3.05) is 13.1 Å². The quantitative estimate of drug-likeness (QED) is 0.862. The lowest BCUT2D eigenvalue weighted by Crippen LogP contribution is -2.22. The van der Waals surface area contributed by atoms with E-state index >= 15 is 0 Å². The lowest BCUT2D eigenvalue weighted by atomic mass is 9.95. The number of rotatable bonds is 1. The van der Waals surface area contributed by atoms with Gasteiger partial charge in [-0.15, -0.1) is 0 Å². The van der Waals surface area contributed by atoms with E-state index in [2.05, 4.69) is 10.3 Å². The SMILES string of the molecule is O=C1C(Cl)=C(SC2=NCCN2)C(=O)c2ccccc21. The Labute approximate surface area is 118 Å². The number of fused-ring (bicyclic) bond motifs is 1. The number of aliphatic imine (C=N–C) groups is 1. The standard InChI is InChI=1S/C13H9ClN2O2S/c14-9-10(17)7-3-1-2-4-8(7)11(18)12(9)19-13-15-5-6-16-13/h1-4H,5-6H2,(H,15,16). The first kappa shape index (κ1) is 12.4. The van der Waals surface area contributed by atoms with Crippen LogP contribution < -0.4 is 5.32 Å². The molecule has 2 aliphatic rings. The average molecular weight is 293 g/mol. The molecular weight excluding hydrogens is 284 g/mol. The molecule has 6 heteroatoms. The van der Waals surface area contributed by atoms with Crippen LogP contribution in [-0.2, 0) is 0 Å². The number of nitrogens with zero attached hydrogens (tertiary/aromatic N) is 1. The minimum absolute atomic E-state index is 0.0231.